The zero-order valence-electron chi connectivity index (χ0n) is 13.5. The molecule has 136 valence electrons. The highest BCUT2D eigenvalue weighted by Crippen LogP contribution is 2.29. The van der Waals surface area contributed by atoms with E-state index in [1.807, 2.05) is 0 Å². The van der Waals surface area contributed by atoms with Gasteiger partial charge >= 0.3 is 11.9 Å². The van der Waals surface area contributed by atoms with Crippen LogP contribution in [0.25, 0.3) is 0 Å². The monoisotopic (exact) mass is 396 g/mol. The van der Waals surface area contributed by atoms with Crippen molar-refractivity contribution < 1.29 is 23.9 Å². The molecule has 0 unspecified atom stereocenters. The zero-order chi connectivity index (χ0) is 19.4. The minimum Gasteiger partial charge on any atom is -0.465 e. The molecule has 9 heteroatoms. The zero-order valence-corrected chi connectivity index (χ0v) is 15.1. The van der Waals surface area contributed by atoms with Gasteiger partial charge in [-0.05, 0) is 30.3 Å². The van der Waals surface area contributed by atoms with Gasteiger partial charge in [0, 0.05) is 11.3 Å². The van der Waals surface area contributed by atoms with Crippen molar-refractivity contribution in [3.8, 4) is 0 Å². The number of ether oxygens (including phenoxy) is 2. The van der Waals surface area contributed by atoms with E-state index in [1.54, 1.807) is 0 Å². The fourth-order valence-electron chi connectivity index (χ4n) is 2.03. The number of carbonyl (C=O) groups excluding carboxylic acids is 3. The van der Waals surface area contributed by atoms with Crippen LogP contribution in [0.15, 0.2) is 30.3 Å². The van der Waals surface area contributed by atoms with Crippen LogP contribution in [0.3, 0.4) is 0 Å². The second kappa shape index (κ2) is 8.07. The molecule has 0 saturated carbocycles. The summed E-state index contributed by atoms with van der Waals surface area (Å²) >= 11 is 11.7. The van der Waals surface area contributed by atoms with Crippen molar-refractivity contribution in [1.82, 2.24) is 0 Å². The van der Waals surface area contributed by atoms with Crippen molar-refractivity contribution in [2.75, 3.05) is 25.2 Å². The van der Waals surface area contributed by atoms with Gasteiger partial charge in [-0.3, -0.25) is 4.79 Å². The van der Waals surface area contributed by atoms with Gasteiger partial charge in [0.2, 0.25) is 0 Å². The molecule has 0 aromatic heterocycles. The van der Waals surface area contributed by atoms with Crippen LogP contribution in [-0.2, 0) is 9.47 Å². The van der Waals surface area contributed by atoms with Crippen LogP contribution in [0.2, 0.25) is 10.0 Å². The highest BCUT2D eigenvalue weighted by molar-refractivity contribution is 6.39. The van der Waals surface area contributed by atoms with E-state index < -0.39 is 24.3 Å². The summed E-state index contributed by atoms with van der Waals surface area (Å²) in [4.78, 5) is 35.7. The molecule has 0 saturated heterocycles. The molecule has 26 heavy (non-hydrogen) atoms. The van der Waals surface area contributed by atoms with Crippen LogP contribution in [0.1, 0.15) is 31.1 Å². The van der Waals surface area contributed by atoms with Crippen LogP contribution < -0.4 is 11.5 Å². The quantitative estimate of drug-likeness (QED) is 0.452. The number of nitrogen functional groups attached to an aromatic ring is 2. The molecule has 2 aromatic rings. The lowest BCUT2D eigenvalue weighted by Crippen LogP contribution is -2.16. The first-order chi connectivity index (χ1) is 12.2. The van der Waals surface area contributed by atoms with E-state index in [9.17, 15) is 14.4 Å². The topological polar surface area (TPSA) is 122 Å². The molecule has 0 atom stereocenters. The van der Waals surface area contributed by atoms with Crippen LogP contribution in [0.4, 0.5) is 11.4 Å². The van der Waals surface area contributed by atoms with Gasteiger partial charge in [-0.1, -0.05) is 23.2 Å². The van der Waals surface area contributed by atoms with Crippen molar-refractivity contribution in [3.63, 3.8) is 0 Å². The van der Waals surface area contributed by atoms with Crippen molar-refractivity contribution in [2.45, 2.75) is 0 Å². The molecule has 0 aliphatic rings. The Bertz CT molecular complexity index is 876. The largest absolute Gasteiger partial charge is 0.465 e. The van der Waals surface area contributed by atoms with E-state index in [-0.39, 0.29) is 38.1 Å². The Morgan fingerprint density at radius 1 is 0.962 bits per heavy atom. The molecule has 0 bridgehead atoms. The lowest BCUT2D eigenvalue weighted by atomic mass is 10.1. The molecule has 7 nitrogen and oxygen atoms in total. The number of halogens is 2. The Labute approximate surface area is 158 Å². The first-order valence-corrected chi connectivity index (χ1v) is 7.93. The molecule has 2 aromatic carbocycles. The predicted molar refractivity (Wildman–Crippen MR) is 97.7 cm³/mol. The van der Waals surface area contributed by atoms with E-state index >= 15 is 0 Å². The lowest BCUT2D eigenvalue weighted by molar-refractivity contribution is 0.0475. The van der Waals surface area contributed by atoms with Crippen LogP contribution in [-0.4, -0.2) is 31.4 Å². The van der Waals surface area contributed by atoms with Crippen molar-refractivity contribution in [2.24, 2.45) is 0 Å². The molecule has 2 rings (SSSR count). The number of esters is 2. The van der Waals surface area contributed by atoms with Gasteiger partial charge in [0.15, 0.2) is 12.4 Å². The van der Waals surface area contributed by atoms with Crippen molar-refractivity contribution >= 4 is 52.3 Å². The number of hydrogen-bond donors (Lipinski definition) is 2. The van der Waals surface area contributed by atoms with Crippen LogP contribution in [0.5, 0.6) is 0 Å². The molecule has 0 radical (unpaired) electrons. The minimum absolute atomic E-state index is 0.0128. The van der Waals surface area contributed by atoms with Crippen LogP contribution in [0, 0.1) is 0 Å². The standard InChI is InChI=1S/C17H14Cl2N2O5/c1-25-16(23)8-2-3-10(13(20)6-8)17(24)26-7-14(22)9-4-11(18)15(21)12(19)5-9/h2-6H,7,20-21H2,1H3. The molecule has 0 heterocycles. The Balaban J connectivity index is 2.09. The summed E-state index contributed by atoms with van der Waals surface area (Å²) in [6.07, 6.45) is 0. The van der Waals surface area contributed by atoms with Gasteiger partial charge in [0.25, 0.3) is 0 Å². The van der Waals surface area contributed by atoms with Gasteiger partial charge in [0.05, 0.1) is 34.0 Å². The second-order valence-electron chi connectivity index (χ2n) is 5.15. The molecule has 0 amide bonds. The maximum absolute atomic E-state index is 12.1. The number of benzene rings is 2. The number of ketones is 1. The van der Waals surface area contributed by atoms with E-state index in [1.165, 1.54) is 37.4 Å². The number of rotatable bonds is 5. The SMILES string of the molecule is COC(=O)c1ccc(C(=O)OCC(=O)c2cc(Cl)c(N)c(Cl)c2)c(N)c1. The predicted octanol–water partition coefficient (Wildman–Crippen LogP) is 2.98. The molecular weight excluding hydrogens is 383 g/mol. The smallest absolute Gasteiger partial charge is 0.340 e. The number of hydrogen-bond acceptors (Lipinski definition) is 7. The first-order valence-electron chi connectivity index (χ1n) is 7.17. The number of carbonyl (C=O) groups is 3. The summed E-state index contributed by atoms with van der Waals surface area (Å²) < 4.78 is 9.52. The Kier molecular flexibility index (Phi) is 6.07. The number of nitrogens with two attached hydrogens (primary N) is 2. The summed E-state index contributed by atoms with van der Waals surface area (Å²) in [5.41, 5.74) is 11.9. The summed E-state index contributed by atoms with van der Waals surface area (Å²) in [7, 11) is 1.22. The Morgan fingerprint density at radius 2 is 1.58 bits per heavy atom. The normalized spacial score (nSPS) is 10.3. The Hall–Kier alpha value is -2.77. The van der Waals surface area contributed by atoms with E-state index in [4.69, 9.17) is 39.4 Å². The number of anilines is 2. The third-order valence-electron chi connectivity index (χ3n) is 3.43. The fraction of sp³-hybridized carbons (Fsp3) is 0.118. The summed E-state index contributed by atoms with van der Waals surface area (Å²) in [6, 6.07) is 6.62. The van der Waals surface area contributed by atoms with E-state index in [2.05, 4.69) is 4.74 Å². The summed E-state index contributed by atoms with van der Waals surface area (Å²) in [5, 5.41) is 0.240. The third-order valence-corrected chi connectivity index (χ3v) is 4.05. The minimum atomic E-state index is -0.820. The molecule has 0 spiro atoms. The third kappa shape index (κ3) is 4.25. The van der Waals surface area contributed by atoms with Gasteiger partial charge in [0.1, 0.15) is 0 Å². The average molecular weight is 397 g/mol. The lowest BCUT2D eigenvalue weighted by Gasteiger charge is -2.09. The maximum Gasteiger partial charge on any atom is 0.340 e. The van der Waals surface area contributed by atoms with E-state index in [0.717, 1.165) is 0 Å². The highest BCUT2D eigenvalue weighted by atomic mass is 35.5. The molecule has 0 aliphatic heterocycles. The fourth-order valence-corrected chi connectivity index (χ4v) is 2.52. The van der Waals surface area contributed by atoms with Crippen LogP contribution >= 0.6 is 23.2 Å². The Morgan fingerprint density at radius 3 is 2.12 bits per heavy atom. The van der Waals surface area contributed by atoms with Crippen molar-refractivity contribution in [3.05, 3.63) is 57.1 Å². The molecular formula is C17H14Cl2N2O5. The molecule has 0 fully saturated rings. The summed E-state index contributed by atoms with van der Waals surface area (Å²) in [6.45, 7) is -0.548. The van der Waals surface area contributed by atoms with Gasteiger partial charge in [-0.2, -0.15) is 0 Å². The molecule has 0 aliphatic carbocycles. The van der Waals surface area contributed by atoms with E-state index in [0.29, 0.717) is 0 Å². The maximum atomic E-state index is 12.1. The van der Waals surface area contributed by atoms with Crippen molar-refractivity contribution in [1.29, 1.82) is 0 Å². The molecule has 4 N–H and O–H groups in total. The van der Waals surface area contributed by atoms with Gasteiger partial charge < -0.3 is 20.9 Å². The van der Waals surface area contributed by atoms with Gasteiger partial charge in [-0.25, -0.2) is 9.59 Å². The number of Topliss-reactive ketones (excluding diaryl/α,β-unsaturated/α-hetero) is 1. The number of methoxy groups -OCH3 is 1. The second-order valence-corrected chi connectivity index (χ2v) is 5.96. The average Bonchev–Trinajstić information content (AvgIpc) is 2.62. The summed E-state index contributed by atoms with van der Waals surface area (Å²) in [5.74, 6) is -1.93. The first kappa shape index (κ1) is 19.6. The highest BCUT2D eigenvalue weighted by Gasteiger charge is 2.17. The van der Waals surface area contributed by atoms with Gasteiger partial charge in [-0.15, -0.1) is 0 Å².